The lowest BCUT2D eigenvalue weighted by Gasteiger charge is -2.17. The third-order valence-electron chi connectivity index (χ3n) is 3.87. The lowest BCUT2D eigenvalue weighted by Crippen LogP contribution is -2.22. The first kappa shape index (κ1) is 20.0. The van der Waals surface area contributed by atoms with Crippen molar-refractivity contribution in [3.05, 3.63) is 75.3 Å². The number of benzene rings is 2. The Morgan fingerprint density at radius 3 is 2.62 bits per heavy atom. The highest BCUT2D eigenvalue weighted by molar-refractivity contribution is 7.14. The van der Waals surface area contributed by atoms with Gasteiger partial charge >= 0.3 is 5.97 Å². The van der Waals surface area contributed by atoms with Gasteiger partial charge in [-0.3, -0.25) is 19.8 Å². The van der Waals surface area contributed by atoms with Crippen LogP contribution >= 0.6 is 11.3 Å². The van der Waals surface area contributed by atoms with E-state index in [1.165, 1.54) is 35.3 Å². The molecule has 0 aliphatic rings. The van der Waals surface area contributed by atoms with E-state index in [1.54, 1.807) is 17.5 Å². The largest absolute Gasteiger partial charge is 0.456 e. The van der Waals surface area contributed by atoms with Gasteiger partial charge in [0.2, 0.25) is 5.91 Å². The molecule has 2 N–H and O–H groups in total. The van der Waals surface area contributed by atoms with E-state index < -0.39 is 10.9 Å². The number of ether oxygens (including phenoxy) is 1. The summed E-state index contributed by atoms with van der Waals surface area (Å²) in [6, 6.07) is 12.7. The zero-order valence-electron chi connectivity index (χ0n) is 15.3. The van der Waals surface area contributed by atoms with Crippen LogP contribution in [0.1, 0.15) is 23.0 Å². The molecule has 0 bridgehead atoms. The van der Waals surface area contributed by atoms with E-state index >= 15 is 0 Å². The number of thiazole rings is 1. The molecule has 0 radical (unpaired) electrons. The van der Waals surface area contributed by atoms with E-state index in [9.17, 15) is 19.7 Å². The molecule has 10 heteroatoms. The minimum atomic E-state index is -0.742. The molecule has 0 unspecified atom stereocenters. The van der Waals surface area contributed by atoms with Crippen molar-refractivity contribution in [2.45, 2.75) is 13.5 Å². The van der Waals surface area contributed by atoms with E-state index in [-0.39, 0.29) is 29.5 Å². The van der Waals surface area contributed by atoms with Gasteiger partial charge in [-0.05, 0) is 24.3 Å². The molecule has 29 heavy (non-hydrogen) atoms. The maximum atomic E-state index is 12.2. The first-order chi connectivity index (χ1) is 13.9. The van der Waals surface area contributed by atoms with Crippen LogP contribution < -0.4 is 10.6 Å². The third-order valence-corrected chi connectivity index (χ3v) is 4.75. The van der Waals surface area contributed by atoms with Gasteiger partial charge in [0.05, 0.1) is 21.9 Å². The number of nitro benzene ring substituents is 1. The van der Waals surface area contributed by atoms with Gasteiger partial charge in [-0.1, -0.05) is 18.2 Å². The minimum absolute atomic E-state index is 0.0102. The number of carbonyl (C=O) groups excluding carboxylic acids is 2. The number of nitrogens with two attached hydrogens (primary N) is 1. The number of carbonyl (C=O) groups is 2. The van der Waals surface area contributed by atoms with Crippen LogP contribution in [0.3, 0.4) is 0 Å². The highest BCUT2D eigenvalue weighted by Crippen LogP contribution is 2.29. The number of esters is 1. The smallest absolute Gasteiger partial charge is 0.338 e. The van der Waals surface area contributed by atoms with Crippen molar-refractivity contribution in [1.82, 2.24) is 4.98 Å². The van der Waals surface area contributed by atoms with E-state index in [2.05, 4.69) is 4.98 Å². The molecule has 2 aromatic carbocycles. The first-order valence-corrected chi connectivity index (χ1v) is 9.26. The second kappa shape index (κ2) is 8.48. The zero-order chi connectivity index (χ0) is 21.0. The van der Waals surface area contributed by atoms with Gasteiger partial charge < -0.3 is 10.5 Å². The summed E-state index contributed by atoms with van der Waals surface area (Å²) in [6.45, 7) is 1.29. The van der Waals surface area contributed by atoms with E-state index in [0.717, 1.165) is 6.07 Å². The van der Waals surface area contributed by atoms with Gasteiger partial charge in [-0.15, -0.1) is 11.3 Å². The SMILES string of the molecule is CC(=O)N(c1ccccc1)c1nc(COC(=O)c2ccc(N)c([N+](=O)[O-])c2)cs1. The average Bonchev–Trinajstić information content (AvgIpc) is 3.15. The highest BCUT2D eigenvalue weighted by atomic mass is 32.1. The van der Waals surface area contributed by atoms with Crippen molar-refractivity contribution in [3.8, 4) is 0 Å². The number of anilines is 3. The summed E-state index contributed by atoms with van der Waals surface area (Å²) < 4.78 is 5.19. The molecule has 0 fully saturated rings. The molecule has 0 saturated heterocycles. The average molecular weight is 412 g/mol. The number of hydrogen-bond donors (Lipinski definition) is 1. The molecule has 0 aliphatic heterocycles. The minimum Gasteiger partial charge on any atom is -0.456 e. The second-order valence-corrected chi connectivity index (χ2v) is 6.75. The van der Waals surface area contributed by atoms with Crippen LogP contribution in [-0.4, -0.2) is 21.8 Å². The maximum Gasteiger partial charge on any atom is 0.338 e. The Balaban J connectivity index is 1.72. The van der Waals surface area contributed by atoms with E-state index in [0.29, 0.717) is 16.5 Å². The Bertz CT molecular complexity index is 1070. The third kappa shape index (κ3) is 4.55. The summed E-state index contributed by atoms with van der Waals surface area (Å²) in [6.07, 6.45) is 0. The fourth-order valence-corrected chi connectivity index (χ4v) is 3.39. The Hall–Kier alpha value is -3.79. The van der Waals surface area contributed by atoms with Gasteiger partial charge in [0, 0.05) is 18.4 Å². The second-order valence-electron chi connectivity index (χ2n) is 5.92. The quantitative estimate of drug-likeness (QED) is 0.283. The summed E-state index contributed by atoms with van der Waals surface area (Å²) in [4.78, 5) is 40.4. The molecule has 0 spiro atoms. The predicted octanol–water partition coefficient (Wildman–Crippen LogP) is 3.68. The number of nitrogen functional groups attached to an aromatic ring is 1. The number of rotatable bonds is 6. The number of para-hydroxylation sites is 1. The molecular formula is C19H16N4O5S. The van der Waals surface area contributed by atoms with Crippen LogP contribution in [0, 0.1) is 10.1 Å². The van der Waals surface area contributed by atoms with Gasteiger partial charge in [0.1, 0.15) is 12.3 Å². The fraction of sp³-hybridized carbons (Fsp3) is 0.105. The van der Waals surface area contributed by atoms with Gasteiger partial charge in [0.25, 0.3) is 5.69 Å². The molecule has 9 nitrogen and oxygen atoms in total. The van der Waals surface area contributed by atoms with Crippen LogP contribution in [0.4, 0.5) is 22.2 Å². The molecule has 0 atom stereocenters. The summed E-state index contributed by atoms with van der Waals surface area (Å²) in [5.41, 5.74) is 6.25. The maximum absolute atomic E-state index is 12.2. The Kier molecular flexibility index (Phi) is 5.84. The van der Waals surface area contributed by atoms with Crippen LogP contribution in [0.15, 0.2) is 53.9 Å². The molecule has 0 aliphatic carbocycles. The van der Waals surface area contributed by atoms with Crippen molar-refractivity contribution >= 4 is 45.4 Å². The molecule has 3 rings (SSSR count). The Morgan fingerprint density at radius 2 is 1.97 bits per heavy atom. The lowest BCUT2D eigenvalue weighted by atomic mass is 10.2. The lowest BCUT2D eigenvalue weighted by molar-refractivity contribution is -0.383. The topological polar surface area (TPSA) is 129 Å². The van der Waals surface area contributed by atoms with Crippen molar-refractivity contribution in [3.63, 3.8) is 0 Å². The number of amides is 1. The standard InChI is InChI=1S/C19H16N4O5S/c1-12(24)22(15-5-3-2-4-6-15)19-21-14(11-29-19)10-28-18(25)13-7-8-16(20)17(9-13)23(26)27/h2-9,11H,10,20H2,1H3. The van der Waals surface area contributed by atoms with Crippen LogP contribution in [0.25, 0.3) is 0 Å². The summed E-state index contributed by atoms with van der Waals surface area (Å²) in [5, 5.41) is 13.1. The summed E-state index contributed by atoms with van der Waals surface area (Å²) in [7, 11) is 0. The highest BCUT2D eigenvalue weighted by Gasteiger charge is 2.19. The molecule has 3 aromatic rings. The van der Waals surface area contributed by atoms with Gasteiger partial charge in [-0.25, -0.2) is 9.78 Å². The first-order valence-electron chi connectivity index (χ1n) is 8.38. The fourth-order valence-electron chi connectivity index (χ4n) is 2.52. The monoisotopic (exact) mass is 412 g/mol. The van der Waals surface area contributed by atoms with Crippen molar-refractivity contribution in [2.24, 2.45) is 0 Å². The molecule has 0 saturated carbocycles. The van der Waals surface area contributed by atoms with Crippen LogP contribution in [0.5, 0.6) is 0 Å². The van der Waals surface area contributed by atoms with Crippen LogP contribution in [-0.2, 0) is 16.1 Å². The normalized spacial score (nSPS) is 10.4. The number of nitro groups is 1. The van der Waals surface area contributed by atoms with Crippen molar-refractivity contribution in [1.29, 1.82) is 0 Å². The summed E-state index contributed by atoms with van der Waals surface area (Å²) >= 11 is 1.23. The van der Waals surface area contributed by atoms with Crippen LogP contribution in [0.2, 0.25) is 0 Å². The number of nitrogens with zero attached hydrogens (tertiary/aromatic N) is 3. The molecule has 1 aromatic heterocycles. The number of aromatic nitrogens is 1. The molecule has 1 heterocycles. The van der Waals surface area contributed by atoms with Gasteiger partial charge in [0.15, 0.2) is 5.13 Å². The van der Waals surface area contributed by atoms with E-state index in [1.807, 2.05) is 18.2 Å². The van der Waals surface area contributed by atoms with E-state index in [4.69, 9.17) is 10.5 Å². The summed E-state index contributed by atoms with van der Waals surface area (Å²) in [5.74, 6) is -0.947. The van der Waals surface area contributed by atoms with Gasteiger partial charge in [-0.2, -0.15) is 0 Å². The zero-order valence-corrected chi connectivity index (χ0v) is 16.1. The Labute approximate surface area is 169 Å². The molecular weight excluding hydrogens is 396 g/mol. The van der Waals surface area contributed by atoms with Crippen molar-refractivity contribution < 1.29 is 19.2 Å². The molecule has 148 valence electrons. The predicted molar refractivity (Wildman–Crippen MR) is 108 cm³/mol. The Morgan fingerprint density at radius 1 is 1.24 bits per heavy atom. The number of hydrogen-bond acceptors (Lipinski definition) is 8. The molecule has 1 amide bonds. The van der Waals surface area contributed by atoms with Crippen molar-refractivity contribution in [2.75, 3.05) is 10.6 Å².